The van der Waals surface area contributed by atoms with Crippen LogP contribution in [0.3, 0.4) is 0 Å². The highest BCUT2D eigenvalue weighted by Gasteiger charge is 2.27. The molecule has 5 rings (SSSR count). The van der Waals surface area contributed by atoms with Gasteiger partial charge in [-0.05, 0) is 55.3 Å². The third-order valence-electron chi connectivity index (χ3n) is 5.73. The molecule has 0 unspecified atom stereocenters. The van der Waals surface area contributed by atoms with Crippen molar-refractivity contribution in [2.45, 2.75) is 19.4 Å². The van der Waals surface area contributed by atoms with Gasteiger partial charge in [0.25, 0.3) is 0 Å². The van der Waals surface area contributed by atoms with Gasteiger partial charge < -0.3 is 14.4 Å². The molecule has 0 radical (unpaired) electrons. The minimum absolute atomic E-state index is 0.741. The monoisotopic (exact) mass is 354 g/mol. The van der Waals surface area contributed by atoms with Gasteiger partial charge in [-0.3, -0.25) is 4.42 Å². The van der Waals surface area contributed by atoms with Crippen LogP contribution in [0.4, 0.5) is 5.69 Å². The molecule has 25 heavy (non-hydrogen) atoms. The van der Waals surface area contributed by atoms with Gasteiger partial charge in [0.05, 0.1) is 23.6 Å². The average molecular weight is 355 g/mol. The fourth-order valence-corrected chi connectivity index (χ4v) is 4.55. The van der Waals surface area contributed by atoms with E-state index in [2.05, 4.69) is 58.0 Å². The maximum atomic E-state index is 6.69. The summed E-state index contributed by atoms with van der Waals surface area (Å²) in [7, 11) is 2.19. The van der Waals surface area contributed by atoms with E-state index in [1.54, 1.807) is 0 Å². The first-order chi connectivity index (χ1) is 12.2. The lowest BCUT2D eigenvalue weighted by molar-refractivity contribution is 0.313. The Kier molecular flexibility index (Phi) is 3.57. The van der Waals surface area contributed by atoms with Crippen molar-refractivity contribution in [3.63, 3.8) is 0 Å². The molecule has 0 saturated carbocycles. The quantitative estimate of drug-likeness (QED) is 0.729. The Morgan fingerprint density at radius 2 is 1.84 bits per heavy atom. The number of likely N-dealkylation sites (N-methyl/N-ethyl adjacent to an activating group) is 1. The van der Waals surface area contributed by atoms with Crippen molar-refractivity contribution in [3.05, 3.63) is 53.4 Å². The van der Waals surface area contributed by atoms with E-state index in [1.807, 2.05) is 4.42 Å². The summed E-state index contributed by atoms with van der Waals surface area (Å²) < 4.78 is 4.22. The molecule has 1 aromatic carbocycles. The largest absolute Gasteiger partial charge is 0.369 e. The van der Waals surface area contributed by atoms with Gasteiger partial charge in [0.1, 0.15) is 0 Å². The third-order valence-corrected chi connectivity index (χ3v) is 6.03. The van der Waals surface area contributed by atoms with Crippen molar-refractivity contribution in [1.82, 2.24) is 13.9 Å². The molecule has 1 aliphatic carbocycles. The van der Waals surface area contributed by atoms with E-state index in [-0.39, 0.29) is 0 Å². The van der Waals surface area contributed by atoms with E-state index in [1.165, 1.54) is 28.2 Å². The molecular weight excluding hydrogens is 332 g/mol. The van der Waals surface area contributed by atoms with Crippen LogP contribution in [0.1, 0.15) is 23.2 Å². The predicted molar refractivity (Wildman–Crippen MR) is 103 cm³/mol. The highest BCUT2D eigenvalue weighted by Crippen LogP contribution is 2.39. The molecule has 5 heteroatoms. The summed E-state index contributed by atoms with van der Waals surface area (Å²) in [6.45, 7) is 5.16. The zero-order valence-electron chi connectivity index (χ0n) is 14.6. The highest BCUT2D eigenvalue weighted by molar-refractivity contribution is 6.17. The van der Waals surface area contributed by atoms with Crippen molar-refractivity contribution in [2.75, 3.05) is 38.1 Å². The first-order valence-corrected chi connectivity index (χ1v) is 9.45. The number of allylic oxidation sites excluding steroid dienone is 1. The molecule has 0 atom stereocenters. The number of benzene rings is 1. The zero-order chi connectivity index (χ0) is 17.0. The van der Waals surface area contributed by atoms with Crippen LogP contribution in [0, 0.1) is 0 Å². The summed E-state index contributed by atoms with van der Waals surface area (Å²) in [5, 5.41) is 0. The molecule has 2 aliphatic heterocycles. The summed E-state index contributed by atoms with van der Waals surface area (Å²) in [6.07, 6.45) is 6.65. The van der Waals surface area contributed by atoms with Gasteiger partial charge in [-0.15, -0.1) is 0 Å². The minimum atomic E-state index is 0.741. The van der Waals surface area contributed by atoms with Crippen LogP contribution >= 0.6 is 11.8 Å². The van der Waals surface area contributed by atoms with Crippen molar-refractivity contribution >= 4 is 23.2 Å². The lowest BCUT2D eigenvalue weighted by Gasteiger charge is -2.34. The molecule has 4 nitrogen and oxygen atoms in total. The zero-order valence-corrected chi connectivity index (χ0v) is 15.3. The first-order valence-electron chi connectivity index (χ1n) is 9.11. The van der Waals surface area contributed by atoms with Gasteiger partial charge in [-0.25, -0.2) is 0 Å². The van der Waals surface area contributed by atoms with Crippen LogP contribution in [-0.2, 0) is 13.0 Å². The van der Waals surface area contributed by atoms with E-state index in [4.69, 9.17) is 11.8 Å². The molecule has 1 saturated heterocycles. The molecule has 0 amide bonds. The highest BCUT2D eigenvalue weighted by atomic mass is 35.5. The molecule has 130 valence electrons. The Hall–Kier alpha value is -1.91. The Morgan fingerprint density at radius 1 is 1.00 bits per heavy atom. The summed E-state index contributed by atoms with van der Waals surface area (Å²) in [4.78, 5) is 4.88. The van der Waals surface area contributed by atoms with Gasteiger partial charge in [0.2, 0.25) is 0 Å². The Bertz CT molecular complexity index is 845. The van der Waals surface area contributed by atoms with Crippen LogP contribution in [0.25, 0.3) is 11.4 Å². The summed E-state index contributed by atoms with van der Waals surface area (Å²) in [6, 6.07) is 9.12. The maximum Gasteiger partial charge on any atom is 0.0732 e. The first kappa shape index (κ1) is 15.4. The number of hydrogen-bond donors (Lipinski definition) is 0. The van der Waals surface area contributed by atoms with Crippen molar-refractivity contribution in [1.29, 1.82) is 0 Å². The Balaban J connectivity index is 1.58. The number of aromatic nitrogens is 1. The molecule has 3 heterocycles. The number of rotatable bonds is 1. The molecule has 0 spiro atoms. The lowest BCUT2D eigenvalue weighted by atomic mass is 10.0. The number of fused-ring (bicyclic) bond motifs is 2. The molecule has 1 fully saturated rings. The predicted octanol–water partition coefficient (Wildman–Crippen LogP) is 3.49. The number of piperazine rings is 1. The normalized spacial score (nSPS) is 20.0. The van der Waals surface area contributed by atoms with E-state index in [9.17, 15) is 0 Å². The van der Waals surface area contributed by atoms with Gasteiger partial charge in [-0.1, -0.05) is 6.08 Å². The molecular formula is C20H23ClN4. The van der Waals surface area contributed by atoms with Crippen LogP contribution in [-0.4, -0.2) is 47.1 Å². The van der Waals surface area contributed by atoms with Gasteiger partial charge in [-0.2, -0.15) is 0 Å². The van der Waals surface area contributed by atoms with Crippen LogP contribution in [0.5, 0.6) is 0 Å². The SMILES string of the molecule is CN1CCN(c2ccc3c(c2)CN(Cl)C2=CCCc4ccn-3c42)CC1. The summed E-state index contributed by atoms with van der Waals surface area (Å²) in [5.74, 6) is 0. The number of hydrogen-bond acceptors (Lipinski definition) is 3. The van der Waals surface area contributed by atoms with Crippen LogP contribution in [0.15, 0.2) is 36.5 Å². The standard InChI is InChI=1S/C20H23ClN4/c1-22-9-11-23(12-10-22)17-5-6-18-16(13-17)14-25(21)19-4-2-3-15-7-8-24(18)20(15)19/h4-8,13H,2-3,9-12,14H2,1H3. The lowest BCUT2D eigenvalue weighted by Crippen LogP contribution is -2.44. The van der Waals surface area contributed by atoms with E-state index >= 15 is 0 Å². The van der Waals surface area contributed by atoms with Crippen molar-refractivity contribution < 1.29 is 0 Å². The van der Waals surface area contributed by atoms with E-state index < -0.39 is 0 Å². The van der Waals surface area contributed by atoms with Gasteiger partial charge in [0.15, 0.2) is 0 Å². The fourth-order valence-electron chi connectivity index (χ4n) is 4.27. The smallest absolute Gasteiger partial charge is 0.0732 e. The number of aryl methyl sites for hydroxylation is 1. The van der Waals surface area contributed by atoms with Crippen molar-refractivity contribution in [2.24, 2.45) is 0 Å². The molecule has 3 aliphatic rings. The van der Waals surface area contributed by atoms with Crippen LogP contribution < -0.4 is 4.90 Å². The third kappa shape index (κ3) is 2.47. The topological polar surface area (TPSA) is 14.7 Å². The average Bonchev–Trinajstić information content (AvgIpc) is 3.01. The number of anilines is 1. The Labute approximate surface area is 154 Å². The summed E-state index contributed by atoms with van der Waals surface area (Å²) in [5.41, 5.74) is 7.69. The van der Waals surface area contributed by atoms with Crippen LogP contribution in [0.2, 0.25) is 0 Å². The number of nitrogens with zero attached hydrogens (tertiary/aromatic N) is 4. The second kappa shape index (κ2) is 5.82. The second-order valence-corrected chi connectivity index (χ2v) is 7.72. The minimum Gasteiger partial charge on any atom is -0.369 e. The second-order valence-electron chi connectivity index (χ2n) is 7.31. The molecule has 0 N–H and O–H groups in total. The Morgan fingerprint density at radius 3 is 2.68 bits per heavy atom. The van der Waals surface area contributed by atoms with E-state index in [0.717, 1.165) is 51.3 Å². The number of halogens is 1. The van der Waals surface area contributed by atoms with Gasteiger partial charge in [0, 0.05) is 49.8 Å². The van der Waals surface area contributed by atoms with Crippen molar-refractivity contribution in [3.8, 4) is 5.69 Å². The molecule has 0 bridgehead atoms. The fraction of sp³-hybridized carbons (Fsp3) is 0.400. The molecule has 2 aromatic rings. The van der Waals surface area contributed by atoms with E-state index in [0.29, 0.717) is 0 Å². The van der Waals surface area contributed by atoms with Gasteiger partial charge >= 0.3 is 0 Å². The summed E-state index contributed by atoms with van der Waals surface area (Å²) >= 11 is 6.69. The molecule has 1 aromatic heterocycles. The maximum absolute atomic E-state index is 6.69.